The number of nitrogens with one attached hydrogen (secondary N) is 1. The van der Waals surface area contributed by atoms with Gasteiger partial charge in [0.1, 0.15) is 6.61 Å². The van der Waals surface area contributed by atoms with E-state index in [0.717, 1.165) is 36.9 Å². The normalized spacial score (nSPS) is 15.9. The lowest BCUT2D eigenvalue weighted by molar-refractivity contribution is -0.150. The van der Waals surface area contributed by atoms with Gasteiger partial charge in [-0.05, 0) is 38.3 Å². The van der Waals surface area contributed by atoms with Crippen molar-refractivity contribution >= 4 is 5.97 Å². The number of ether oxygens (including phenoxy) is 2. The molecule has 6 heteroatoms. The molecule has 0 bridgehead atoms. The number of carbonyl (C=O) groups excluding carboxylic acids is 1. The number of carbonyl (C=O) groups is 1. The van der Waals surface area contributed by atoms with Crippen LogP contribution in [0.2, 0.25) is 0 Å². The van der Waals surface area contributed by atoms with Gasteiger partial charge in [0, 0.05) is 12.6 Å². The van der Waals surface area contributed by atoms with Crippen LogP contribution >= 0.6 is 0 Å². The fourth-order valence-electron chi connectivity index (χ4n) is 3.90. The van der Waals surface area contributed by atoms with Gasteiger partial charge in [-0.15, -0.1) is 0 Å². The maximum absolute atomic E-state index is 12.9. The van der Waals surface area contributed by atoms with Crippen molar-refractivity contribution in [2.75, 3.05) is 13.7 Å². The van der Waals surface area contributed by atoms with Crippen LogP contribution in [0.1, 0.15) is 56.3 Å². The first-order valence-electron chi connectivity index (χ1n) is 10.3. The molecule has 1 N–H and O–H groups in total. The third-order valence-electron chi connectivity index (χ3n) is 5.23. The van der Waals surface area contributed by atoms with Crippen LogP contribution in [0.25, 0.3) is 0 Å². The molecule has 1 aliphatic rings. The monoisotopic (exact) mass is 385 g/mol. The SMILES string of the molecule is CCOC(=O)C(C1CCCCC1)n1nc(CNC)cc1OCc1ccccc1. The zero-order valence-electron chi connectivity index (χ0n) is 16.9. The Kier molecular flexibility index (Phi) is 7.48. The van der Waals surface area contributed by atoms with E-state index >= 15 is 0 Å². The number of esters is 1. The first-order chi connectivity index (χ1) is 13.7. The molecule has 28 heavy (non-hydrogen) atoms. The van der Waals surface area contributed by atoms with Gasteiger partial charge in [-0.3, -0.25) is 0 Å². The summed E-state index contributed by atoms with van der Waals surface area (Å²) in [4.78, 5) is 12.9. The highest BCUT2D eigenvalue weighted by molar-refractivity contribution is 5.74. The molecule has 1 heterocycles. The molecule has 6 nitrogen and oxygen atoms in total. The van der Waals surface area contributed by atoms with E-state index in [1.54, 1.807) is 4.68 Å². The first kappa shape index (κ1) is 20.4. The highest BCUT2D eigenvalue weighted by Gasteiger charge is 2.35. The minimum absolute atomic E-state index is 0.210. The summed E-state index contributed by atoms with van der Waals surface area (Å²) >= 11 is 0. The third-order valence-corrected chi connectivity index (χ3v) is 5.23. The molecule has 1 aromatic heterocycles. The van der Waals surface area contributed by atoms with Crippen molar-refractivity contribution in [2.24, 2.45) is 5.92 Å². The minimum Gasteiger partial charge on any atom is -0.473 e. The summed E-state index contributed by atoms with van der Waals surface area (Å²) in [6.07, 6.45) is 5.55. The summed E-state index contributed by atoms with van der Waals surface area (Å²) in [5, 5.41) is 7.84. The summed E-state index contributed by atoms with van der Waals surface area (Å²) in [7, 11) is 1.88. The van der Waals surface area contributed by atoms with E-state index < -0.39 is 6.04 Å². The van der Waals surface area contributed by atoms with Gasteiger partial charge >= 0.3 is 5.97 Å². The van der Waals surface area contributed by atoms with E-state index in [4.69, 9.17) is 14.6 Å². The standard InChI is InChI=1S/C22H31N3O3/c1-3-27-22(26)21(18-12-8-5-9-13-18)25-20(14-19(24-25)15-23-2)28-16-17-10-6-4-7-11-17/h4,6-7,10-11,14,18,21,23H,3,5,8-9,12-13,15-16H2,1-2H3. The van der Waals surface area contributed by atoms with Crippen LogP contribution in [0.5, 0.6) is 5.88 Å². The molecular weight excluding hydrogens is 354 g/mol. The minimum atomic E-state index is -0.434. The van der Waals surface area contributed by atoms with E-state index in [2.05, 4.69) is 5.32 Å². The van der Waals surface area contributed by atoms with Crippen LogP contribution in [0.3, 0.4) is 0 Å². The molecule has 1 fully saturated rings. The number of nitrogens with zero attached hydrogens (tertiary/aromatic N) is 2. The Labute approximate surface area is 167 Å². The molecule has 1 aliphatic carbocycles. The number of hydrogen-bond donors (Lipinski definition) is 1. The summed E-state index contributed by atoms with van der Waals surface area (Å²) in [6, 6.07) is 11.5. The highest BCUT2D eigenvalue weighted by atomic mass is 16.5. The first-order valence-corrected chi connectivity index (χ1v) is 10.3. The van der Waals surface area contributed by atoms with Crippen LogP contribution in [-0.4, -0.2) is 29.4 Å². The molecule has 0 amide bonds. The predicted molar refractivity (Wildman–Crippen MR) is 108 cm³/mol. The summed E-state index contributed by atoms with van der Waals surface area (Å²) in [5.74, 6) is 0.644. The average molecular weight is 386 g/mol. The zero-order valence-corrected chi connectivity index (χ0v) is 16.9. The van der Waals surface area contributed by atoms with Gasteiger partial charge in [-0.2, -0.15) is 5.10 Å². The lowest BCUT2D eigenvalue weighted by Crippen LogP contribution is -2.32. The van der Waals surface area contributed by atoms with Crippen LogP contribution in [0.4, 0.5) is 0 Å². The van der Waals surface area contributed by atoms with Crippen LogP contribution in [0, 0.1) is 5.92 Å². The largest absolute Gasteiger partial charge is 0.473 e. The zero-order chi connectivity index (χ0) is 19.8. The fourth-order valence-corrected chi connectivity index (χ4v) is 3.90. The van der Waals surface area contributed by atoms with Gasteiger partial charge in [0.15, 0.2) is 6.04 Å². The quantitative estimate of drug-likeness (QED) is 0.664. The van der Waals surface area contributed by atoms with Gasteiger partial charge in [-0.1, -0.05) is 49.6 Å². The molecule has 1 atom stereocenters. The fraction of sp³-hybridized carbons (Fsp3) is 0.545. The van der Waals surface area contributed by atoms with Gasteiger partial charge in [0.05, 0.1) is 12.3 Å². The molecule has 2 aromatic rings. The Morgan fingerprint density at radius 2 is 2.00 bits per heavy atom. The van der Waals surface area contributed by atoms with Crippen molar-refractivity contribution < 1.29 is 14.3 Å². The van der Waals surface area contributed by atoms with Crippen molar-refractivity contribution in [1.82, 2.24) is 15.1 Å². The van der Waals surface area contributed by atoms with E-state index in [0.29, 0.717) is 25.6 Å². The molecule has 152 valence electrons. The molecule has 1 unspecified atom stereocenters. The van der Waals surface area contributed by atoms with Gasteiger partial charge in [0.25, 0.3) is 0 Å². The molecule has 0 radical (unpaired) electrons. The Hall–Kier alpha value is -2.34. The Morgan fingerprint density at radius 3 is 2.68 bits per heavy atom. The number of aromatic nitrogens is 2. The van der Waals surface area contributed by atoms with E-state index in [9.17, 15) is 4.79 Å². The third kappa shape index (κ3) is 5.13. The second-order valence-electron chi connectivity index (χ2n) is 7.32. The lowest BCUT2D eigenvalue weighted by Gasteiger charge is -2.29. The summed E-state index contributed by atoms with van der Waals surface area (Å²) in [6.45, 7) is 3.27. The molecular formula is C22H31N3O3. The number of rotatable bonds is 9. The second-order valence-corrected chi connectivity index (χ2v) is 7.32. The number of benzene rings is 1. The van der Waals surface area contributed by atoms with Crippen molar-refractivity contribution in [3.63, 3.8) is 0 Å². The maximum atomic E-state index is 12.9. The van der Waals surface area contributed by atoms with Gasteiger partial charge in [0.2, 0.25) is 5.88 Å². The van der Waals surface area contributed by atoms with Crippen LogP contribution in [0.15, 0.2) is 36.4 Å². The van der Waals surface area contributed by atoms with Gasteiger partial charge in [-0.25, -0.2) is 9.48 Å². The van der Waals surface area contributed by atoms with E-state index in [1.807, 2.05) is 50.4 Å². The number of hydrogen-bond acceptors (Lipinski definition) is 5. The Bertz CT molecular complexity index is 739. The van der Waals surface area contributed by atoms with Crippen LogP contribution < -0.4 is 10.1 Å². The summed E-state index contributed by atoms with van der Waals surface area (Å²) in [5.41, 5.74) is 1.94. The van der Waals surface area contributed by atoms with Crippen molar-refractivity contribution in [3.05, 3.63) is 47.7 Å². The molecule has 3 rings (SSSR count). The summed E-state index contributed by atoms with van der Waals surface area (Å²) < 4.78 is 13.3. The van der Waals surface area contributed by atoms with Crippen molar-refractivity contribution in [1.29, 1.82) is 0 Å². The average Bonchev–Trinajstić information content (AvgIpc) is 3.11. The maximum Gasteiger partial charge on any atom is 0.331 e. The van der Waals surface area contributed by atoms with Crippen molar-refractivity contribution in [3.8, 4) is 5.88 Å². The van der Waals surface area contributed by atoms with Crippen LogP contribution in [-0.2, 0) is 22.7 Å². The van der Waals surface area contributed by atoms with Gasteiger partial charge < -0.3 is 14.8 Å². The Balaban J connectivity index is 1.89. The molecule has 0 aliphatic heterocycles. The molecule has 1 saturated carbocycles. The Morgan fingerprint density at radius 1 is 1.25 bits per heavy atom. The predicted octanol–water partition coefficient (Wildman–Crippen LogP) is 3.87. The molecule has 0 saturated heterocycles. The van der Waals surface area contributed by atoms with E-state index in [1.165, 1.54) is 6.42 Å². The van der Waals surface area contributed by atoms with Crippen molar-refractivity contribution in [2.45, 2.75) is 58.2 Å². The topological polar surface area (TPSA) is 65.4 Å². The highest BCUT2D eigenvalue weighted by Crippen LogP contribution is 2.36. The molecule has 0 spiro atoms. The second kappa shape index (κ2) is 10.3. The smallest absolute Gasteiger partial charge is 0.331 e. The molecule has 1 aromatic carbocycles. The lowest BCUT2D eigenvalue weighted by atomic mass is 9.84. The van der Waals surface area contributed by atoms with E-state index in [-0.39, 0.29) is 11.9 Å².